The van der Waals surface area contributed by atoms with Gasteiger partial charge in [0.1, 0.15) is 10.8 Å². The fourth-order valence-electron chi connectivity index (χ4n) is 1.57. The van der Waals surface area contributed by atoms with E-state index in [1.54, 1.807) is 19.1 Å². The second-order valence-electron chi connectivity index (χ2n) is 4.01. The van der Waals surface area contributed by atoms with Gasteiger partial charge < -0.3 is 10.5 Å². The summed E-state index contributed by atoms with van der Waals surface area (Å²) in [6, 6.07) is 5.78. The van der Waals surface area contributed by atoms with Crippen LogP contribution in [0.1, 0.15) is 17.3 Å². The van der Waals surface area contributed by atoms with Crippen LogP contribution in [0.15, 0.2) is 40.4 Å². The Morgan fingerprint density at radius 1 is 1.48 bits per heavy atom. The van der Waals surface area contributed by atoms with Crippen molar-refractivity contribution in [1.29, 1.82) is 0 Å². The molecule has 0 aliphatic heterocycles. The van der Waals surface area contributed by atoms with Crippen LogP contribution in [0.5, 0.6) is 0 Å². The maximum atomic E-state index is 13.9. The van der Waals surface area contributed by atoms with Crippen LogP contribution < -0.4 is 5.73 Å². The van der Waals surface area contributed by atoms with E-state index in [1.807, 2.05) is 0 Å². The lowest BCUT2D eigenvalue weighted by Crippen LogP contribution is -2.08. The molecule has 0 saturated carbocycles. The predicted octanol–water partition coefficient (Wildman–Crippen LogP) is 3.78. The van der Waals surface area contributed by atoms with Crippen LogP contribution in [0.3, 0.4) is 0 Å². The van der Waals surface area contributed by atoms with Gasteiger partial charge in [-0.3, -0.25) is 0 Å². The first kappa shape index (κ1) is 15.6. The molecule has 0 atom stereocenters. The molecule has 1 aromatic carbocycles. The molecule has 0 radical (unpaired) electrons. The molecule has 21 heavy (non-hydrogen) atoms. The van der Waals surface area contributed by atoms with Crippen LogP contribution >= 0.6 is 23.4 Å². The van der Waals surface area contributed by atoms with Crippen molar-refractivity contribution in [2.75, 3.05) is 12.3 Å². The summed E-state index contributed by atoms with van der Waals surface area (Å²) in [5.74, 6) is -1.11. The summed E-state index contributed by atoms with van der Waals surface area (Å²) in [5.41, 5.74) is 5.83. The zero-order valence-electron chi connectivity index (χ0n) is 11.1. The van der Waals surface area contributed by atoms with Crippen molar-refractivity contribution in [2.45, 2.75) is 16.8 Å². The molecule has 2 N–H and O–H groups in total. The van der Waals surface area contributed by atoms with Gasteiger partial charge in [-0.15, -0.1) is 0 Å². The van der Waals surface area contributed by atoms with E-state index < -0.39 is 11.8 Å². The summed E-state index contributed by atoms with van der Waals surface area (Å²) in [6.45, 7) is 1.90. The summed E-state index contributed by atoms with van der Waals surface area (Å²) in [5, 5.41) is 1.04. The number of carbonyl (C=O) groups is 1. The van der Waals surface area contributed by atoms with Gasteiger partial charge in [-0.2, -0.15) is 0 Å². The normalized spacial score (nSPS) is 10.4. The molecule has 0 amide bonds. The van der Waals surface area contributed by atoms with E-state index in [9.17, 15) is 9.18 Å². The number of nitrogens with two attached hydrogens (primary N) is 1. The molecule has 2 aromatic rings. The van der Waals surface area contributed by atoms with Gasteiger partial charge >= 0.3 is 5.97 Å². The second-order valence-corrected chi connectivity index (χ2v) is 5.51. The van der Waals surface area contributed by atoms with Gasteiger partial charge in [0.25, 0.3) is 0 Å². The Balaban J connectivity index is 2.32. The molecular formula is C14H12ClFN2O2S. The van der Waals surface area contributed by atoms with Crippen LogP contribution in [0.4, 0.5) is 10.1 Å². The third kappa shape index (κ3) is 3.86. The lowest BCUT2D eigenvalue weighted by molar-refractivity contribution is 0.0527. The fourth-order valence-corrected chi connectivity index (χ4v) is 2.48. The van der Waals surface area contributed by atoms with Gasteiger partial charge in [-0.25, -0.2) is 14.2 Å². The zero-order chi connectivity index (χ0) is 15.4. The average molecular weight is 327 g/mol. The Kier molecular flexibility index (Phi) is 5.03. The molecule has 0 aliphatic carbocycles. The second kappa shape index (κ2) is 6.78. The highest BCUT2D eigenvalue weighted by molar-refractivity contribution is 7.99. The van der Waals surface area contributed by atoms with Gasteiger partial charge in [-0.05, 0) is 31.2 Å². The largest absolute Gasteiger partial charge is 0.462 e. The zero-order valence-corrected chi connectivity index (χ0v) is 12.7. The molecule has 0 saturated heterocycles. The van der Waals surface area contributed by atoms with Gasteiger partial charge in [0.2, 0.25) is 0 Å². The number of hydrogen-bond acceptors (Lipinski definition) is 5. The molecule has 1 heterocycles. The van der Waals surface area contributed by atoms with Crippen molar-refractivity contribution in [3.8, 4) is 0 Å². The van der Waals surface area contributed by atoms with E-state index in [2.05, 4.69) is 4.98 Å². The minimum absolute atomic E-state index is 0.0411. The van der Waals surface area contributed by atoms with Crippen LogP contribution in [-0.4, -0.2) is 17.6 Å². The monoisotopic (exact) mass is 326 g/mol. The summed E-state index contributed by atoms with van der Waals surface area (Å²) in [7, 11) is 0. The third-order valence-corrected chi connectivity index (χ3v) is 3.72. The Bertz CT molecular complexity index is 665. The van der Waals surface area contributed by atoms with Crippen molar-refractivity contribution >= 4 is 35.0 Å². The Labute approximate surface area is 130 Å². The number of hydrogen-bond donors (Lipinski definition) is 1. The smallest absolute Gasteiger partial charge is 0.340 e. The number of aromatic nitrogens is 1. The standard InChI is InChI=1S/C14H12ClFN2O2S/c1-2-20-14(19)9-5-12(10(16)6-11(9)17)21-13-4-3-8(15)7-18-13/h3-7H,2,17H2,1H3. The van der Waals surface area contributed by atoms with Crippen molar-refractivity contribution < 1.29 is 13.9 Å². The topological polar surface area (TPSA) is 65.2 Å². The molecule has 0 bridgehead atoms. The molecular weight excluding hydrogens is 315 g/mol. The van der Waals surface area contributed by atoms with Crippen LogP contribution in [0, 0.1) is 5.82 Å². The van der Waals surface area contributed by atoms with Crippen molar-refractivity contribution in [1.82, 2.24) is 4.98 Å². The minimum atomic E-state index is -0.582. The van der Waals surface area contributed by atoms with Gasteiger partial charge in [0, 0.05) is 11.9 Å². The molecule has 0 fully saturated rings. The Morgan fingerprint density at radius 2 is 2.24 bits per heavy atom. The SMILES string of the molecule is CCOC(=O)c1cc(Sc2ccc(Cl)cn2)c(F)cc1N. The molecule has 0 aliphatic rings. The number of esters is 1. The summed E-state index contributed by atoms with van der Waals surface area (Å²) in [4.78, 5) is 16.1. The van der Waals surface area contributed by atoms with E-state index in [4.69, 9.17) is 22.1 Å². The molecule has 110 valence electrons. The first-order valence-corrected chi connectivity index (χ1v) is 7.26. The van der Waals surface area contributed by atoms with E-state index in [1.165, 1.54) is 12.3 Å². The average Bonchev–Trinajstić information content (AvgIpc) is 2.44. The highest BCUT2D eigenvalue weighted by Gasteiger charge is 2.16. The molecule has 0 unspecified atom stereocenters. The number of nitrogens with zero attached hydrogens (tertiary/aromatic N) is 1. The maximum Gasteiger partial charge on any atom is 0.340 e. The first-order chi connectivity index (χ1) is 10.0. The first-order valence-electron chi connectivity index (χ1n) is 6.06. The van der Waals surface area contributed by atoms with Crippen LogP contribution in [0.2, 0.25) is 5.02 Å². The van der Waals surface area contributed by atoms with Crippen molar-refractivity contribution in [3.05, 3.63) is 46.9 Å². The molecule has 4 nitrogen and oxygen atoms in total. The van der Waals surface area contributed by atoms with E-state index in [0.717, 1.165) is 17.8 Å². The summed E-state index contributed by atoms with van der Waals surface area (Å²) in [6.07, 6.45) is 1.46. The third-order valence-electron chi connectivity index (χ3n) is 2.51. The van der Waals surface area contributed by atoms with E-state index >= 15 is 0 Å². The number of nitrogen functional groups attached to an aromatic ring is 1. The molecule has 0 spiro atoms. The van der Waals surface area contributed by atoms with Crippen molar-refractivity contribution in [2.24, 2.45) is 0 Å². The lowest BCUT2D eigenvalue weighted by Gasteiger charge is -2.09. The van der Waals surface area contributed by atoms with E-state index in [-0.39, 0.29) is 22.8 Å². The highest BCUT2D eigenvalue weighted by atomic mass is 35.5. The van der Waals surface area contributed by atoms with Gasteiger partial charge in [0.15, 0.2) is 0 Å². The minimum Gasteiger partial charge on any atom is -0.462 e. The molecule has 1 aromatic heterocycles. The highest BCUT2D eigenvalue weighted by Crippen LogP contribution is 2.32. The maximum absolute atomic E-state index is 13.9. The lowest BCUT2D eigenvalue weighted by atomic mass is 10.2. The van der Waals surface area contributed by atoms with Gasteiger partial charge in [0.05, 0.1) is 22.1 Å². The fraction of sp³-hybridized carbons (Fsp3) is 0.143. The predicted molar refractivity (Wildman–Crippen MR) is 80.1 cm³/mol. The Morgan fingerprint density at radius 3 is 2.86 bits per heavy atom. The van der Waals surface area contributed by atoms with Crippen molar-refractivity contribution in [3.63, 3.8) is 0 Å². The number of pyridine rings is 1. The van der Waals surface area contributed by atoms with Gasteiger partial charge in [-0.1, -0.05) is 23.4 Å². The van der Waals surface area contributed by atoms with E-state index in [0.29, 0.717) is 10.0 Å². The summed E-state index contributed by atoms with van der Waals surface area (Å²) < 4.78 is 18.8. The van der Waals surface area contributed by atoms with Crippen LogP contribution in [0.25, 0.3) is 0 Å². The number of benzene rings is 1. The number of rotatable bonds is 4. The molecule has 2 rings (SSSR count). The number of halogens is 2. The number of carbonyl (C=O) groups excluding carboxylic acids is 1. The Hall–Kier alpha value is -1.79. The molecule has 7 heteroatoms. The van der Waals surface area contributed by atoms with Crippen LogP contribution in [-0.2, 0) is 4.74 Å². The quantitative estimate of drug-likeness (QED) is 0.684. The summed E-state index contributed by atoms with van der Waals surface area (Å²) >= 11 is 6.82. The number of ether oxygens (including phenoxy) is 1. The number of anilines is 1.